The summed E-state index contributed by atoms with van der Waals surface area (Å²) in [4.78, 5) is 233. The molecule has 124 heavy (non-hydrogen) atoms. The fourth-order valence-electron chi connectivity index (χ4n) is 7.98. The number of aliphatic carboxylic acids is 15. The molecule has 0 aliphatic heterocycles. The maximum atomic E-state index is 10.6. The number of carboxylic acid groups (broad SMARTS) is 15. The van der Waals surface area contributed by atoms with E-state index in [2.05, 4.69) is 4.89 Å². The smallest absolute Gasteiger partial charge is 0.317 e. The highest BCUT2D eigenvalue weighted by atomic mass is 17.1. The summed E-state index contributed by atoms with van der Waals surface area (Å²) in [5.74, 6) is -19.1. The molecule has 0 radical (unpaired) electrons. The molecule has 0 aromatic heterocycles. The zero-order valence-electron chi connectivity index (χ0n) is 68.8. The number of hydrogen-bond acceptors (Lipinski definition) is 36. The first-order valence-electron chi connectivity index (χ1n) is 35.5. The van der Waals surface area contributed by atoms with Crippen LogP contribution in [0.1, 0.15) is 44.1 Å². The van der Waals surface area contributed by atoms with E-state index in [1.807, 2.05) is 42.3 Å². The number of amides is 6. The average Bonchev–Trinajstić information content (AvgIpc) is 0.954. The van der Waals surface area contributed by atoms with Gasteiger partial charge in [0, 0.05) is 97.6 Å². The molecule has 1 aromatic carbocycles. The van der Waals surface area contributed by atoms with E-state index in [1.54, 1.807) is 23.9 Å². The van der Waals surface area contributed by atoms with Gasteiger partial charge in [0.05, 0.1) is 131 Å². The van der Waals surface area contributed by atoms with Crippen LogP contribution >= 0.6 is 0 Å². The number of carboxylic acids is 15. The number of aliphatic hydroxyl groups is 3. The molecule has 0 saturated carbocycles. The highest BCUT2D eigenvalue weighted by molar-refractivity contribution is 5.80. The molecule has 1 aromatic rings. The summed E-state index contributed by atoms with van der Waals surface area (Å²) in [6, 6.07) is 9.17. The molecule has 0 unspecified atom stereocenters. The van der Waals surface area contributed by atoms with Gasteiger partial charge < -0.3 is 136 Å². The molecule has 714 valence electrons. The van der Waals surface area contributed by atoms with Crippen molar-refractivity contribution in [3.05, 3.63) is 35.9 Å². The summed E-state index contributed by atoms with van der Waals surface area (Å²) in [5, 5.41) is 158. The zero-order valence-corrected chi connectivity index (χ0v) is 68.8. The molecule has 0 fully saturated rings. The maximum absolute atomic E-state index is 10.6. The van der Waals surface area contributed by atoms with Gasteiger partial charge in [-0.25, -0.2) is 4.89 Å². The van der Waals surface area contributed by atoms with Crippen LogP contribution in [0.4, 0.5) is 0 Å². The quantitative estimate of drug-likeness (QED) is 0.0164. The maximum Gasteiger partial charge on any atom is 0.317 e. The SMILES string of the molecule is CN(C)CC(=O)O.CN(CC(=O)O)CC(=O)O.CN(CCC(N)=O)CCC(N)=O.NC(=O)CCN(CCC(N)=O)CCC(N)=O.NC(=O)CN(CC(=O)O)CC(=O)O.O=C(O)CN(CC(=O)O)CC(=O)O.O=C(O)CN(CC(=O)O)Cc1ccccc1.O=C(O)CN(CCCOO)CC(=O)O.O=C(O)CN(CCO)CC(=O)O.O=C(O)CN(CCO)CCO. The zero-order chi connectivity index (χ0) is 98.2. The van der Waals surface area contributed by atoms with Gasteiger partial charge in [-0.05, 0) is 40.2 Å². The Labute approximate surface area is 708 Å². The van der Waals surface area contributed by atoms with E-state index in [1.165, 1.54) is 26.6 Å². The molecule has 0 aliphatic carbocycles. The predicted octanol–water partition coefficient (Wildman–Crippen LogP) is -11.4. The Morgan fingerprint density at radius 2 is 0.492 bits per heavy atom. The van der Waals surface area contributed by atoms with Gasteiger partial charge in [-0.1, -0.05) is 30.3 Å². The fourth-order valence-corrected chi connectivity index (χ4v) is 7.98. The molecular weight excluding hydrogens is 1680 g/mol. The van der Waals surface area contributed by atoms with E-state index in [4.69, 9.17) is 132 Å². The summed E-state index contributed by atoms with van der Waals surface area (Å²) in [6.07, 6.45) is 1.54. The Bertz CT molecular complexity index is 3070. The van der Waals surface area contributed by atoms with E-state index < -0.39 is 146 Å². The van der Waals surface area contributed by atoms with Crippen LogP contribution in [-0.4, -0.2) is 489 Å². The highest BCUT2D eigenvalue weighted by Crippen LogP contribution is 2.05. The number of aliphatic hydroxyl groups excluding tert-OH is 3. The van der Waals surface area contributed by atoms with Crippen molar-refractivity contribution in [2.75, 3.05) is 218 Å². The molecule has 1 rings (SSSR count). The number of nitrogens with two attached hydrogens (primary N) is 6. The van der Waals surface area contributed by atoms with Crippen molar-refractivity contribution >= 4 is 125 Å². The van der Waals surface area contributed by atoms with Crippen LogP contribution in [0.2, 0.25) is 0 Å². The highest BCUT2D eigenvalue weighted by Gasteiger charge is 2.20. The second-order valence-electron chi connectivity index (χ2n) is 25.0. The topological polar surface area (TPSA) is 941 Å². The largest absolute Gasteiger partial charge is 0.480 e. The summed E-state index contributed by atoms with van der Waals surface area (Å²) in [7, 11) is 6.68. The molecule has 0 atom stereocenters. The Morgan fingerprint density at radius 3 is 0.726 bits per heavy atom. The minimum absolute atomic E-state index is 0.0513. The first-order valence-corrected chi connectivity index (χ1v) is 35.5. The van der Waals surface area contributed by atoms with E-state index in [-0.39, 0.29) is 156 Å². The van der Waals surface area contributed by atoms with Crippen LogP contribution in [0.15, 0.2) is 30.3 Å². The number of benzene rings is 1. The first kappa shape index (κ1) is 130. The Hall–Kier alpha value is -12.5. The lowest BCUT2D eigenvalue weighted by Gasteiger charge is -2.20. The lowest BCUT2D eigenvalue weighted by Crippen LogP contribution is -2.40. The van der Waals surface area contributed by atoms with E-state index in [0.717, 1.165) is 20.3 Å². The van der Waals surface area contributed by atoms with Crippen LogP contribution in [0, 0.1) is 0 Å². The van der Waals surface area contributed by atoms with E-state index in [9.17, 15) is 101 Å². The van der Waals surface area contributed by atoms with E-state index >= 15 is 0 Å². The third-order valence-electron chi connectivity index (χ3n) is 12.7. The lowest BCUT2D eigenvalue weighted by molar-refractivity contribution is -0.243. The van der Waals surface area contributed by atoms with Gasteiger partial charge in [-0.15, -0.1) is 0 Å². The van der Waals surface area contributed by atoms with Gasteiger partial charge in [0.2, 0.25) is 35.4 Å². The third-order valence-corrected chi connectivity index (χ3v) is 12.7. The molecule has 0 aliphatic rings. The second-order valence-corrected chi connectivity index (χ2v) is 25.0. The summed E-state index contributed by atoms with van der Waals surface area (Å²) < 4.78 is 0. The van der Waals surface area contributed by atoms with Crippen molar-refractivity contribution in [2.24, 2.45) is 34.4 Å². The van der Waals surface area contributed by atoms with Crippen LogP contribution in [-0.2, 0) is 112 Å². The van der Waals surface area contributed by atoms with Gasteiger partial charge in [-0.3, -0.25) is 145 Å². The molecule has 0 heterocycles. The van der Waals surface area contributed by atoms with Crippen molar-refractivity contribution in [2.45, 2.75) is 45.1 Å². The van der Waals surface area contributed by atoms with Crippen molar-refractivity contribution in [1.82, 2.24) is 49.0 Å². The molecule has 0 spiro atoms. The Balaban J connectivity index is -0.000000170. The number of likely N-dealkylation sites (N-methyl/N-ethyl adjacent to an activating group) is 2. The molecule has 57 heteroatoms. The molecule has 31 N–H and O–H groups in total. The van der Waals surface area contributed by atoms with Crippen molar-refractivity contribution < 1.29 is 203 Å². The van der Waals surface area contributed by atoms with Gasteiger partial charge in [0.25, 0.3) is 0 Å². The predicted molar refractivity (Wildman–Crippen MR) is 421 cm³/mol. The third kappa shape index (κ3) is 123. The number of nitrogens with zero attached hydrogens (tertiary/aromatic N) is 10. The number of rotatable bonds is 59. The van der Waals surface area contributed by atoms with Gasteiger partial charge >= 0.3 is 89.5 Å². The summed E-state index contributed by atoms with van der Waals surface area (Å²) in [6.45, 7) is -2.53. The number of hydrogen-bond donors (Lipinski definition) is 25. The van der Waals surface area contributed by atoms with Crippen molar-refractivity contribution in [3.8, 4) is 0 Å². The van der Waals surface area contributed by atoms with Gasteiger partial charge in [-0.2, -0.15) is 0 Å². The fraction of sp³-hybridized carbons (Fsp3) is 0.597. The minimum Gasteiger partial charge on any atom is -0.480 e. The first-order chi connectivity index (χ1) is 57.3. The van der Waals surface area contributed by atoms with Crippen LogP contribution < -0.4 is 34.4 Å². The van der Waals surface area contributed by atoms with Crippen LogP contribution in [0.25, 0.3) is 0 Å². The molecule has 6 amide bonds. The molecular formula is C67H120N16O41. The second kappa shape index (κ2) is 84.1. The number of primary amides is 6. The van der Waals surface area contributed by atoms with Crippen LogP contribution in [0.5, 0.6) is 0 Å². The minimum atomic E-state index is -1.26. The van der Waals surface area contributed by atoms with Gasteiger partial charge in [0.15, 0.2) is 0 Å². The van der Waals surface area contributed by atoms with Crippen molar-refractivity contribution in [1.29, 1.82) is 0 Å². The lowest BCUT2D eigenvalue weighted by atomic mass is 10.2. The monoisotopic (exact) mass is 1800 g/mol. The summed E-state index contributed by atoms with van der Waals surface area (Å²) in [5.41, 5.74) is 30.6. The van der Waals surface area contributed by atoms with Gasteiger partial charge in [0.1, 0.15) is 0 Å². The standard InChI is InChI=1S/C11H13NO4.C9H18N4O3.C7H15N3O2.C7H13NO6.C6H10N2O5.C6H9NO6.C6H11NO5.C6H13NO4.C5H9NO4.C4H9NO2/c13-10(14)7-12(8-11(15)16)6-9-4-2-1-3-5-9;10-7(14)1-4-13(5-2-8(11)15)6-3-9(12)16;1-10(4-2-6(8)11)5-3-7(9)12;9-6(10)4-8(5-7(11)12)2-1-3-14-13;7-4(9)1-8(2-5(10)11)3-6(12)13;8-4(9)1-7(2-5(10)11)3-6(12)13;8-2-1-7(3-5(9)10)4-6(11)12;8-3-1-7(2-4-9)5-6(10)11;1-6(2-4(7)8)3-5(9)10;1-5(2)3-4(6)7/h1-5H,6-8H2,(H,13,14)(H,15,16);1-6H2,(H2,10,14)(H2,11,15)(H2,12,16);2-5H2,1H3,(H2,8,11)(H2,9,12);13H,1-5H2,(H,9,10)(H,11,12);1-3H2,(H2,7,9)(H,10,11)(H,12,13);1-3H2,(H,8,9)(H,10,11)(H,12,13);8H,1-4H2,(H,9,10)(H,11,12);8-9H,1-5H2,(H,10,11);2-3H2,1H3,(H,7,8)(H,9,10);3H2,1-2H3,(H,6,7). The Kier molecular flexibility index (Phi) is 87.9. The van der Waals surface area contributed by atoms with Crippen molar-refractivity contribution in [3.63, 3.8) is 0 Å². The number of carbonyl (C=O) groups excluding carboxylic acids is 6. The molecule has 0 bridgehead atoms. The summed E-state index contributed by atoms with van der Waals surface area (Å²) >= 11 is 0. The Morgan fingerprint density at radius 1 is 0.258 bits per heavy atom. The molecule has 0 saturated heterocycles. The molecule has 57 nitrogen and oxygen atoms in total. The normalized spacial score (nSPS) is 10.1. The average molecular weight is 1810 g/mol. The number of carbonyl (C=O) groups is 21. The van der Waals surface area contributed by atoms with E-state index in [0.29, 0.717) is 58.5 Å². The van der Waals surface area contributed by atoms with Crippen LogP contribution in [0.3, 0.4) is 0 Å².